The third kappa shape index (κ3) is 5.80. The second kappa shape index (κ2) is 9.48. The van der Waals surface area contributed by atoms with E-state index >= 15 is 0 Å². The summed E-state index contributed by atoms with van der Waals surface area (Å²) in [6, 6.07) is 17.7. The minimum atomic E-state index is -4.83. The summed E-state index contributed by atoms with van der Waals surface area (Å²) in [7, 11) is 0. The zero-order valence-corrected chi connectivity index (χ0v) is 19.3. The van der Waals surface area contributed by atoms with Gasteiger partial charge in [-0.2, -0.15) is 13.2 Å². The summed E-state index contributed by atoms with van der Waals surface area (Å²) in [4.78, 5) is 15.7. The topological polar surface area (TPSA) is 23.6 Å². The van der Waals surface area contributed by atoms with Gasteiger partial charge in [0.05, 0.1) is 0 Å². The fourth-order valence-corrected chi connectivity index (χ4v) is 4.93. The highest BCUT2D eigenvalue weighted by atomic mass is 127. The van der Waals surface area contributed by atoms with Gasteiger partial charge in [0.1, 0.15) is 0 Å². The Kier molecular flexibility index (Phi) is 6.91. The molecule has 166 valence electrons. The van der Waals surface area contributed by atoms with Crippen LogP contribution in [0.1, 0.15) is 36.3 Å². The van der Waals surface area contributed by atoms with Crippen LogP contribution in [-0.2, 0) is 11.3 Å². The summed E-state index contributed by atoms with van der Waals surface area (Å²) in [5.41, 5.74) is 2.26. The molecule has 1 aliphatic carbocycles. The Morgan fingerprint density at radius 2 is 1.68 bits per heavy atom. The molecule has 0 N–H and O–H groups in total. The van der Waals surface area contributed by atoms with Crippen molar-refractivity contribution in [2.45, 2.75) is 43.9 Å². The SMILES string of the molecule is O=C(N(CC1CCN(Cc2ccccc2)CC1)C1CC1c1ccc(I)cc1)C(F)(F)F. The molecule has 0 aromatic heterocycles. The van der Waals surface area contributed by atoms with E-state index in [1.165, 1.54) is 5.56 Å². The Labute approximate surface area is 194 Å². The number of hydrogen-bond donors (Lipinski definition) is 0. The van der Waals surface area contributed by atoms with E-state index in [2.05, 4.69) is 39.6 Å². The van der Waals surface area contributed by atoms with Crippen molar-refractivity contribution in [3.63, 3.8) is 0 Å². The molecule has 2 fully saturated rings. The number of carbonyl (C=O) groups excluding carboxylic acids is 1. The monoisotopic (exact) mass is 542 g/mol. The zero-order valence-electron chi connectivity index (χ0n) is 17.2. The van der Waals surface area contributed by atoms with Crippen molar-refractivity contribution in [2.24, 2.45) is 5.92 Å². The Morgan fingerprint density at radius 3 is 2.29 bits per heavy atom. The fraction of sp³-hybridized carbons (Fsp3) is 0.458. The zero-order chi connectivity index (χ0) is 22.0. The lowest BCUT2D eigenvalue weighted by atomic mass is 9.95. The molecule has 1 saturated carbocycles. The van der Waals surface area contributed by atoms with Gasteiger partial charge in [-0.15, -0.1) is 0 Å². The molecule has 2 aromatic carbocycles. The lowest BCUT2D eigenvalue weighted by Crippen LogP contribution is -2.47. The molecule has 4 rings (SSSR count). The average Bonchev–Trinajstić information content (AvgIpc) is 3.54. The highest BCUT2D eigenvalue weighted by molar-refractivity contribution is 14.1. The number of amides is 1. The summed E-state index contributed by atoms with van der Waals surface area (Å²) in [6.07, 6.45) is -2.59. The number of piperidine rings is 1. The van der Waals surface area contributed by atoms with E-state index in [0.29, 0.717) is 6.42 Å². The van der Waals surface area contributed by atoms with Gasteiger partial charge in [0, 0.05) is 28.6 Å². The van der Waals surface area contributed by atoms with E-state index in [9.17, 15) is 18.0 Å². The van der Waals surface area contributed by atoms with Gasteiger partial charge in [-0.25, -0.2) is 0 Å². The Bertz CT molecular complexity index is 880. The van der Waals surface area contributed by atoms with Crippen LogP contribution in [0.3, 0.4) is 0 Å². The lowest BCUT2D eigenvalue weighted by Gasteiger charge is -2.35. The van der Waals surface area contributed by atoms with Crippen molar-refractivity contribution in [1.82, 2.24) is 9.80 Å². The first-order valence-electron chi connectivity index (χ1n) is 10.7. The molecular formula is C24H26F3IN2O. The van der Waals surface area contributed by atoms with Crippen LogP contribution in [0.4, 0.5) is 13.2 Å². The third-order valence-electron chi connectivity index (χ3n) is 6.37. The first kappa shape index (κ1) is 22.6. The number of likely N-dealkylation sites (tertiary alicyclic amines) is 1. The van der Waals surface area contributed by atoms with Crippen LogP contribution in [0.25, 0.3) is 0 Å². The molecule has 1 amide bonds. The largest absolute Gasteiger partial charge is 0.471 e. The van der Waals surface area contributed by atoms with Gasteiger partial charge in [-0.1, -0.05) is 42.5 Å². The van der Waals surface area contributed by atoms with Gasteiger partial charge in [0.25, 0.3) is 0 Å². The van der Waals surface area contributed by atoms with E-state index in [4.69, 9.17) is 0 Å². The Hall–Kier alpha value is -1.61. The van der Waals surface area contributed by atoms with E-state index in [1.807, 2.05) is 42.5 Å². The van der Waals surface area contributed by atoms with Gasteiger partial charge in [-0.3, -0.25) is 9.69 Å². The molecule has 0 radical (unpaired) electrons. The number of nitrogens with zero attached hydrogens (tertiary/aromatic N) is 2. The van der Waals surface area contributed by atoms with Crippen LogP contribution in [0, 0.1) is 9.49 Å². The number of benzene rings is 2. The van der Waals surface area contributed by atoms with Gasteiger partial charge >= 0.3 is 12.1 Å². The second-order valence-corrected chi connectivity index (χ2v) is 9.87. The molecule has 2 aromatic rings. The molecule has 1 saturated heterocycles. The van der Waals surface area contributed by atoms with E-state index < -0.39 is 12.1 Å². The molecule has 3 nitrogen and oxygen atoms in total. The Balaban J connectivity index is 1.37. The fourth-order valence-electron chi connectivity index (χ4n) is 4.57. The van der Waals surface area contributed by atoms with Crippen molar-refractivity contribution in [3.8, 4) is 0 Å². The maximum atomic E-state index is 13.3. The molecule has 1 heterocycles. The minimum Gasteiger partial charge on any atom is -0.331 e. The highest BCUT2D eigenvalue weighted by Gasteiger charge is 2.52. The highest BCUT2D eigenvalue weighted by Crippen LogP contribution is 2.46. The summed E-state index contributed by atoms with van der Waals surface area (Å²) in [5.74, 6) is -1.57. The number of hydrogen-bond acceptors (Lipinski definition) is 2. The normalized spacial score (nSPS) is 22.3. The molecule has 2 unspecified atom stereocenters. The van der Waals surface area contributed by atoms with Crippen LogP contribution in [-0.4, -0.2) is 47.6 Å². The number of alkyl halides is 3. The summed E-state index contributed by atoms with van der Waals surface area (Å²) in [6.45, 7) is 2.75. The first-order chi connectivity index (χ1) is 14.8. The predicted molar refractivity (Wildman–Crippen MR) is 123 cm³/mol. The summed E-state index contributed by atoms with van der Waals surface area (Å²) < 4.78 is 41.1. The lowest BCUT2D eigenvalue weighted by molar-refractivity contribution is -0.187. The minimum absolute atomic E-state index is 0.00136. The molecule has 0 spiro atoms. The average molecular weight is 542 g/mol. The number of rotatable bonds is 6. The second-order valence-electron chi connectivity index (χ2n) is 8.62. The van der Waals surface area contributed by atoms with Gasteiger partial charge < -0.3 is 4.90 Å². The smallest absolute Gasteiger partial charge is 0.331 e. The van der Waals surface area contributed by atoms with E-state index in [-0.39, 0.29) is 24.4 Å². The standard InChI is InChI=1S/C24H26F3IN2O/c25-24(26,27)23(31)30(22-14-21(22)19-6-8-20(28)9-7-19)16-18-10-12-29(13-11-18)15-17-4-2-1-3-5-17/h1-9,18,21-22H,10-16H2. The van der Waals surface area contributed by atoms with Crippen molar-refractivity contribution in [3.05, 3.63) is 69.3 Å². The molecule has 2 aliphatic rings. The molecule has 0 bridgehead atoms. The van der Waals surface area contributed by atoms with Crippen LogP contribution in [0.5, 0.6) is 0 Å². The maximum Gasteiger partial charge on any atom is 0.471 e. The Morgan fingerprint density at radius 1 is 1.03 bits per heavy atom. The quantitative estimate of drug-likeness (QED) is 0.454. The van der Waals surface area contributed by atoms with Crippen molar-refractivity contribution in [1.29, 1.82) is 0 Å². The molecule has 7 heteroatoms. The number of carbonyl (C=O) groups is 1. The first-order valence-corrected chi connectivity index (χ1v) is 11.8. The van der Waals surface area contributed by atoms with Gasteiger partial charge in [0.2, 0.25) is 0 Å². The van der Waals surface area contributed by atoms with Crippen LogP contribution in [0.15, 0.2) is 54.6 Å². The molecule has 31 heavy (non-hydrogen) atoms. The van der Waals surface area contributed by atoms with Crippen LogP contribution < -0.4 is 0 Å². The summed E-state index contributed by atoms with van der Waals surface area (Å²) in [5, 5.41) is 0. The molecule has 1 aliphatic heterocycles. The van der Waals surface area contributed by atoms with Crippen molar-refractivity contribution < 1.29 is 18.0 Å². The van der Waals surface area contributed by atoms with E-state index in [1.54, 1.807) is 0 Å². The van der Waals surface area contributed by atoms with Gasteiger partial charge in [0.15, 0.2) is 0 Å². The van der Waals surface area contributed by atoms with Gasteiger partial charge in [-0.05, 0) is 84.1 Å². The summed E-state index contributed by atoms with van der Waals surface area (Å²) >= 11 is 2.21. The predicted octanol–water partition coefficient (Wildman–Crippen LogP) is 5.45. The molecule has 2 atom stereocenters. The third-order valence-corrected chi connectivity index (χ3v) is 7.09. The van der Waals surface area contributed by atoms with Crippen LogP contribution >= 0.6 is 22.6 Å². The van der Waals surface area contributed by atoms with E-state index in [0.717, 1.165) is 46.5 Å². The maximum absolute atomic E-state index is 13.3. The van der Waals surface area contributed by atoms with Crippen LogP contribution in [0.2, 0.25) is 0 Å². The number of halogens is 4. The van der Waals surface area contributed by atoms with Crippen molar-refractivity contribution >= 4 is 28.5 Å². The van der Waals surface area contributed by atoms with Crippen molar-refractivity contribution in [2.75, 3.05) is 19.6 Å². The molecular weight excluding hydrogens is 516 g/mol.